The van der Waals surface area contributed by atoms with Crippen molar-refractivity contribution in [2.24, 2.45) is 0 Å². The van der Waals surface area contributed by atoms with E-state index in [-0.39, 0.29) is 69.1 Å². The molecule has 2 aliphatic heterocycles. The lowest BCUT2D eigenvalue weighted by atomic mass is 10.2. The number of nitrogens with zero attached hydrogens (tertiary/aromatic N) is 3. The van der Waals surface area contributed by atoms with Crippen LogP contribution in [0.15, 0.2) is 12.1 Å². The Kier molecular flexibility index (Phi) is 8.93. The van der Waals surface area contributed by atoms with Crippen LogP contribution in [0.1, 0.15) is 13.3 Å². The molecule has 0 aliphatic carbocycles. The van der Waals surface area contributed by atoms with Crippen LogP contribution in [0.5, 0.6) is 0 Å². The second-order valence-corrected chi connectivity index (χ2v) is 7.85. The molecule has 0 spiro atoms. The standard InChI is InChI=1S/C21H28F3N5O5/c1-14(30)26-11-16-13-28(21(32)34-16)15-9-17(23)20(18(24)10-15)27-5-6-29(33-8-7-27)19(31)12-25-4-2-3-22/h9-10,16,25H,2-8,11-13H2,1H3,(H,26,30)/t16-/m0/s1. The van der Waals surface area contributed by atoms with E-state index in [1.54, 1.807) is 0 Å². The molecular weight excluding hydrogens is 459 g/mol. The molecule has 1 aromatic rings. The number of benzene rings is 1. The van der Waals surface area contributed by atoms with E-state index in [2.05, 4.69) is 10.6 Å². The van der Waals surface area contributed by atoms with Gasteiger partial charge in [-0.05, 0) is 13.0 Å². The van der Waals surface area contributed by atoms with Gasteiger partial charge in [0.25, 0.3) is 5.91 Å². The summed E-state index contributed by atoms with van der Waals surface area (Å²) in [4.78, 5) is 43.4. The lowest BCUT2D eigenvalue weighted by Gasteiger charge is -2.24. The van der Waals surface area contributed by atoms with Gasteiger partial charge in [0.15, 0.2) is 11.6 Å². The third-order valence-corrected chi connectivity index (χ3v) is 5.31. The molecule has 1 aromatic carbocycles. The Morgan fingerprint density at radius 3 is 2.59 bits per heavy atom. The number of nitrogens with one attached hydrogen (secondary N) is 2. The van der Waals surface area contributed by atoms with Gasteiger partial charge in [-0.25, -0.2) is 18.6 Å². The van der Waals surface area contributed by atoms with E-state index in [0.717, 1.165) is 22.1 Å². The van der Waals surface area contributed by atoms with Crippen LogP contribution in [-0.2, 0) is 19.2 Å². The lowest BCUT2D eigenvalue weighted by molar-refractivity contribution is -0.180. The number of hydrogen-bond donors (Lipinski definition) is 2. The molecule has 2 saturated heterocycles. The molecule has 3 amide bonds. The summed E-state index contributed by atoms with van der Waals surface area (Å²) in [6, 6.07) is 2.09. The van der Waals surface area contributed by atoms with Gasteiger partial charge in [-0.3, -0.25) is 23.7 Å². The smallest absolute Gasteiger partial charge is 0.414 e. The summed E-state index contributed by atoms with van der Waals surface area (Å²) >= 11 is 0. The summed E-state index contributed by atoms with van der Waals surface area (Å²) in [5.41, 5.74) is -0.290. The number of halogens is 3. The summed E-state index contributed by atoms with van der Waals surface area (Å²) in [6.45, 7) is 1.64. The monoisotopic (exact) mass is 487 g/mol. The number of cyclic esters (lactones) is 1. The van der Waals surface area contributed by atoms with Crippen molar-refractivity contribution < 1.29 is 37.1 Å². The van der Waals surface area contributed by atoms with Crippen LogP contribution in [0.3, 0.4) is 0 Å². The maximum Gasteiger partial charge on any atom is 0.414 e. The molecule has 2 fully saturated rings. The van der Waals surface area contributed by atoms with Crippen molar-refractivity contribution in [1.29, 1.82) is 0 Å². The summed E-state index contributed by atoms with van der Waals surface area (Å²) in [6.07, 6.45) is -1.11. The Morgan fingerprint density at radius 2 is 1.91 bits per heavy atom. The van der Waals surface area contributed by atoms with Crippen molar-refractivity contribution in [2.75, 3.05) is 68.9 Å². The molecule has 2 heterocycles. The molecule has 2 aliphatic rings. The zero-order chi connectivity index (χ0) is 24.7. The van der Waals surface area contributed by atoms with E-state index >= 15 is 0 Å². The van der Waals surface area contributed by atoms with Crippen molar-refractivity contribution in [3.63, 3.8) is 0 Å². The second kappa shape index (κ2) is 11.9. The predicted molar refractivity (Wildman–Crippen MR) is 116 cm³/mol. The molecule has 188 valence electrons. The van der Waals surface area contributed by atoms with Crippen LogP contribution in [0.4, 0.5) is 29.3 Å². The summed E-state index contributed by atoms with van der Waals surface area (Å²) in [5.74, 6) is -2.40. The second-order valence-electron chi connectivity index (χ2n) is 7.85. The number of alkyl halides is 1. The largest absolute Gasteiger partial charge is 0.442 e. The van der Waals surface area contributed by atoms with Crippen LogP contribution in [0.25, 0.3) is 0 Å². The molecule has 0 radical (unpaired) electrons. The number of hydrogen-bond acceptors (Lipinski definition) is 7. The highest BCUT2D eigenvalue weighted by Gasteiger charge is 2.34. The maximum atomic E-state index is 15.0. The third kappa shape index (κ3) is 6.50. The average molecular weight is 487 g/mol. The average Bonchev–Trinajstić information content (AvgIpc) is 2.99. The van der Waals surface area contributed by atoms with Gasteiger partial charge in [-0.1, -0.05) is 0 Å². The fraction of sp³-hybridized carbons (Fsp3) is 0.571. The minimum atomic E-state index is -0.874. The zero-order valence-corrected chi connectivity index (χ0v) is 18.8. The maximum absolute atomic E-state index is 15.0. The summed E-state index contributed by atoms with van der Waals surface area (Å²) in [5, 5.41) is 6.47. The van der Waals surface area contributed by atoms with Crippen LogP contribution < -0.4 is 20.4 Å². The van der Waals surface area contributed by atoms with Crippen molar-refractivity contribution in [3.8, 4) is 0 Å². The van der Waals surface area contributed by atoms with Crippen LogP contribution >= 0.6 is 0 Å². The fourth-order valence-corrected chi connectivity index (χ4v) is 3.65. The fourth-order valence-electron chi connectivity index (χ4n) is 3.65. The van der Waals surface area contributed by atoms with E-state index < -0.39 is 30.5 Å². The highest BCUT2D eigenvalue weighted by atomic mass is 19.1. The first-order valence-electron chi connectivity index (χ1n) is 11.0. The van der Waals surface area contributed by atoms with Crippen LogP contribution in [0, 0.1) is 11.6 Å². The Hall–Kier alpha value is -3.06. The third-order valence-electron chi connectivity index (χ3n) is 5.31. The van der Waals surface area contributed by atoms with Gasteiger partial charge in [0.1, 0.15) is 11.8 Å². The van der Waals surface area contributed by atoms with Crippen LogP contribution in [0.2, 0.25) is 0 Å². The van der Waals surface area contributed by atoms with Gasteiger partial charge in [0.2, 0.25) is 5.91 Å². The molecule has 0 aromatic heterocycles. The highest BCUT2D eigenvalue weighted by Crippen LogP contribution is 2.31. The van der Waals surface area contributed by atoms with E-state index in [4.69, 9.17) is 9.57 Å². The Morgan fingerprint density at radius 1 is 1.18 bits per heavy atom. The molecule has 2 N–H and O–H groups in total. The minimum Gasteiger partial charge on any atom is -0.442 e. The quantitative estimate of drug-likeness (QED) is 0.500. The van der Waals surface area contributed by atoms with Gasteiger partial charge in [-0.2, -0.15) is 0 Å². The van der Waals surface area contributed by atoms with Crippen molar-refractivity contribution in [3.05, 3.63) is 23.8 Å². The minimum absolute atomic E-state index is 0.00342. The van der Waals surface area contributed by atoms with Gasteiger partial charge in [0, 0.05) is 32.1 Å². The van der Waals surface area contributed by atoms with E-state index in [0.29, 0.717) is 13.0 Å². The van der Waals surface area contributed by atoms with Crippen molar-refractivity contribution >= 4 is 29.3 Å². The molecule has 34 heavy (non-hydrogen) atoms. The number of anilines is 2. The summed E-state index contributed by atoms with van der Waals surface area (Å²) in [7, 11) is 0. The number of carbonyl (C=O) groups is 3. The zero-order valence-electron chi connectivity index (χ0n) is 18.8. The molecular formula is C21H28F3N5O5. The topological polar surface area (TPSA) is 103 Å². The Bertz CT molecular complexity index is 883. The van der Waals surface area contributed by atoms with E-state index in [1.807, 2.05) is 0 Å². The molecule has 0 unspecified atom stereocenters. The first kappa shape index (κ1) is 25.6. The Labute approximate surface area is 194 Å². The van der Waals surface area contributed by atoms with E-state index in [9.17, 15) is 27.6 Å². The SMILES string of the molecule is CC(=O)NC[C@H]1CN(c2cc(F)c(N3CCON(C(=O)CNCCCF)CC3)c(F)c2)C(=O)O1. The number of hydroxylamine groups is 2. The van der Waals surface area contributed by atoms with Crippen molar-refractivity contribution in [2.45, 2.75) is 19.4 Å². The first-order chi connectivity index (χ1) is 16.3. The number of rotatable bonds is 9. The number of carbonyl (C=O) groups excluding carboxylic acids is 3. The molecule has 10 nitrogen and oxygen atoms in total. The first-order valence-corrected chi connectivity index (χ1v) is 11.0. The van der Waals surface area contributed by atoms with Gasteiger partial charge >= 0.3 is 6.09 Å². The Balaban J connectivity index is 1.63. The predicted octanol–water partition coefficient (Wildman–Crippen LogP) is 0.955. The van der Waals surface area contributed by atoms with Gasteiger partial charge < -0.3 is 20.3 Å². The molecule has 13 heteroatoms. The summed E-state index contributed by atoms with van der Waals surface area (Å²) < 4.78 is 47.2. The van der Waals surface area contributed by atoms with Crippen molar-refractivity contribution in [1.82, 2.24) is 15.7 Å². The molecule has 1 atom stereocenters. The highest BCUT2D eigenvalue weighted by molar-refractivity contribution is 5.90. The van der Waals surface area contributed by atoms with Gasteiger partial charge in [-0.15, -0.1) is 0 Å². The number of amides is 3. The van der Waals surface area contributed by atoms with Gasteiger partial charge in [0.05, 0.1) is 45.1 Å². The van der Waals surface area contributed by atoms with E-state index in [1.165, 1.54) is 11.8 Å². The number of ether oxygens (including phenoxy) is 1. The molecule has 0 bridgehead atoms. The molecule has 3 rings (SSSR count). The lowest BCUT2D eigenvalue weighted by Crippen LogP contribution is -2.40. The van der Waals surface area contributed by atoms with Crippen LogP contribution in [-0.4, -0.2) is 88.2 Å². The molecule has 0 saturated carbocycles. The normalized spacial score (nSPS) is 18.6.